The molecule has 2 unspecified atom stereocenters. The van der Waals surface area contributed by atoms with Crippen LogP contribution in [0.1, 0.15) is 38.3 Å². The first-order valence-electron chi connectivity index (χ1n) is 7.16. The van der Waals surface area contributed by atoms with Gasteiger partial charge in [-0.3, -0.25) is 4.79 Å². The van der Waals surface area contributed by atoms with Crippen molar-refractivity contribution in [1.29, 1.82) is 0 Å². The monoisotopic (exact) mass is 277 g/mol. The van der Waals surface area contributed by atoms with Crippen molar-refractivity contribution in [2.24, 2.45) is 5.73 Å². The number of benzene rings is 1. The lowest BCUT2D eigenvalue weighted by atomic mass is 9.95. The molecule has 20 heavy (non-hydrogen) atoms. The molecule has 0 radical (unpaired) electrons. The molecule has 0 saturated carbocycles. The molecule has 4 heteroatoms. The lowest BCUT2D eigenvalue weighted by molar-refractivity contribution is -0.126. The van der Waals surface area contributed by atoms with Crippen molar-refractivity contribution in [1.82, 2.24) is 10.2 Å². The highest BCUT2D eigenvalue weighted by molar-refractivity contribution is 5.85. The van der Waals surface area contributed by atoms with Crippen molar-refractivity contribution in [2.75, 3.05) is 20.6 Å². The third-order valence-electron chi connectivity index (χ3n) is 3.34. The largest absolute Gasteiger partial charge is 0.346 e. The minimum atomic E-state index is -0.811. The molecule has 3 N–H and O–H groups in total. The highest BCUT2D eigenvalue weighted by Gasteiger charge is 2.29. The number of hydrogen-bond acceptors (Lipinski definition) is 3. The molecule has 0 fully saturated rings. The molecule has 2 atom stereocenters. The van der Waals surface area contributed by atoms with E-state index < -0.39 is 5.54 Å². The minimum Gasteiger partial charge on any atom is -0.346 e. The number of carbonyl (C=O) groups is 1. The van der Waals surface area contributed by atoms with E-state index in [1.165, 1.54) is 0 Å². The van der Waals surface area contributed by atoms with Gasteiger partial charge in [0.2, 0.25) is 5.91 Å². The lowest BCUT2D eigenvalue weighted by Gasteiger charge is -2.28. The molecule has 0 saturated heterocycles. The molecule has 1 rings (SSSR count). The maximum atomic E-state index is 12.4. The predicted molar refractivity (Wildman–Crippen MR) is 83.4 cm³/mol. The third-order valence-corrected chi connectivity index (χ3v) is 3.34. The van der Waals surface area contributed by atoms with Gasteiger partial charge in [-0.15, -0.1) is 0 Å². The molecular formula is C16H27N3O. The van der Waals surface area contributed by atoms with Gasteiger partial charge in [0, 0.05) is 6.54 Å². The fraction of sp³-hybridized carbons (Fsp3) is 0.562. The Morgan fingerprint density at radius 3 is 2.45 bits per heavy atom. The van der Waals surface area contributed by atoms with Gasteiger partial charge in [0.15, 0.2) is 0 Å². The van der Waals surface area contributed by atoms with Crippen LogP contribution in [0.25, 0.3) is 0 Å². The molecule has 4 nitrogen and oxygen atoms in total. The Balaban J connectivity index is 2.83. The van der Waals surface area contributed by atoms with Gasteiger partial charge in [-0.1, -0.05) is 43.7 Å². The van der Waals surface area contributed by atoms with Crippen LogP contribution >= 0.6 is 0 Å². The van der Waals surface area contributed by atoms with E-state index in [4.69, 9.17) is 5.73 Å². The standard InChI is InChI=1S/C16H27N3O/c1-5-11-16(2,17)15(20)18-14(12-19(3)4)13-9-7-6-8-10-13/h6-10,14H,5,11-12,17H2,1-4H3,(H,18,20). The molecule has 0 aliphatic heterocycles. The Bertz CT molecular complexity index is 415. The Kier molecular flexibility index (Phi) is 6.17. The zero-order chi connectivity index (χ0) is 15.2. The molecule has 0 bridgehead atoms. The van der Waals surface area contributed by atoms with E-state index in [9.17, 15) is 4.79 Å². The molecule has 1 amide bonds. The quantitative estimate of drug-likeness (QED) is 0.800. The zero-order valence-corrected chi connectivity index (χ0v) is 13.0. The average Bonchev–Trinajstić information content (AvgIpc) is 2.38. The highest BCUT2D eigenvalue weighted by Crippen LogP contribution is 2.16. The molecule has 0 aliphatic carbocycles. The summed E-state index contributed by atoms with van der Waals surface area (Å²) in [6.07, 6.45) is 1.58. The van der Waals surface area contributed by atoms with Gasteiger partial charge < -0.3 is 16.0 Å². The first-order chi connectivity index (χ1) is 9.36. The van der Waals surface area contributed by atoms with Crippen molar-refractivity contribution >= 4 is 5.91 Å². The van der Waals surface area contributed by atoms with Crippen LogP contribution in [0.3, 0.4) is 0 Å². The molecule has 0 spiro atoms. The van der Waals surface area contributed by atoms with Gasteiger partial charge in [0.1, 0.15) is 0 Å². The van der Waals surface area contributed by atoms with E-state index in [0.717, 1.165) is 18.5 Å². The number of carbonyl (C=O) groups excluding carboxylic acids is 1. The van der Waals surface area contributed by atoms with E-state index >= 15 is 0 Å². The fourth-order valence-electron chi connectivity index (χ4n) is 2.24. The fourth-order valence-corrected chi connectivity index (χ4v) is 2.24. The molecule has 1 aromatic rings. The van der Waals surface area contributed by atoms with E-state index in [-0.39, 0.29) is 11.9 Å². The Morgan fingerprint density at radius 2 is 1.95 bits per heavy atom. The summed E-state index contributed by atoms with van der Waals surface area (Å²) in [4.78, 5) is 14.4. The van der Waals surface area contributed by atoms with Gasteiger partial charge in [-0.05, 0) is 33.0 Å². The van der Waals surface area contributed by atoms with Crippen LogP contribution < -0.4 is 11.1 Å². The molecule has 1 aromatic carbocycles. The van der Waals surface area contributed by atoms with Gasteiger partial charge in [-0.2, -0.15) is 0 Å². The average molecular weight is 277 g/mol. The number of nitrogens with zero attached hydrogens (tertiary/aromatic N) is 1. The second kappa shape index (κ2) is 7.41. The lowest BCUT2D eigenvalue weighted by Crippen LogP contribution is -2.53. The van der Waals surface area contributed by atoms with Crippen LogP contribution in [-0.4, -0.2) is 37.0 Å². The van der Waals surface area contributed by atoms with Crippen molar-refractivity contribution in [3.8, 4) is 0 Å². The maximum Gasteiger partial charge on any atom is 0.240 e. The Morgan fingerprint density at radius 1 is 1.35 bits per heavy atom. The highest BCUT2D eigenvalue weighted by atomic mass is 16.2. The topological polar surface area (TPSA) is 58.4 Å². The second-order valence-corrected chi connectivity index (χ2v) is 5.87. The number of nitrogens with two attached hydrogens (primary N) is 1. The smallest absolute Gasteiger partial charge is 0.240 e. The van der Waals surface area contributed by atoms with E-state index in [1.54, 1.807) is 6.92 Å². The molecule has 0 aliphatic rings. The zero-order valence-electron chi connectivity index (χ0n) is 13.0. The number of nitrogens with one attached hydrogen (secondary N) is 1. The SMILES string of the molecule is CCCC(C)(N)C(=O)NC(CN(C)C)c1ccccc1. The first kappa shape index (κ1) is 16.7. The first-order valence-corrected chi connectivity index (χ1v) is 7.16. The van der Waals surface area contributed by atoms with Gasteiger partial charge >= 0.3 is 0 Å². The summed E-state index contributed by atoms with van der Waals surface area (Å²) in [5.74, 6) is -0.0879. The Hall–Kier alpha value is -1.39. The van der Waals surface area contributed by atoms with Crippen molar-refractivity contribution in [2.45, 2.75) is 38.3 Å². The van der Waals surface area contributed by atoms with Gasteiger partial charge in [0.25, 0.3) is 0 Å². The summed E-state index contributed by atoms with van der Waals surface area (Å²) in [6, 6.07) is 9.96. The molecule has 112 valence electrons. The molecule has 0 heterocycles. The van der Waals surface area contributed by atoms with E-state index in [1.807, 2.05) is 51.4 Å². The molecular weight excluding hydrogens is 250 g/mol. The van der Waals surface area contributed by atoms with Crippen molar-refractivity contribution in [3.63, 3.8) is 0 Å². The normalized spacial score (nSPS) is 15.7. The maximum absolute atomic E-state index is 12.4. The number of amides is 1. The molecule has 0 aromatic heterocycles. The second-order valence-electron chi connectivity index (χ2n) is 5.87. The van der Waals surface area contributed by atoms with Crippen LogP contribution in [-0.2, 0) is 4.79 Å². The van der Waals surface area contributed by atoms with Crippen LogP contribution in [0, 0.1) is 0 Å². The van der Waals surface area contributed by atoms with Gasteiger partial charge in [-0.25, -0.2) is 0 Å². The van der Waals surface area contributed by atoms with Crippen molar-refractivity contribution < 1.29 is 4.79 Å². The summed E-state index contributed by atoms with van der Waals surface area (Å²) >= 11 is 0. The van der Waals surface area contributed by atoms with Gasteiger partial charge in [0.05, 0.1) is 11.6 Å². The van der Waals surface area contributed by atoms with E-state index in [0.29, 0.717) is 6.42 Å². The summed E-state index contributed by atoms with van der Waals surface area (Å²) in [5, 5.41) is 3.08. The number of likely N-dealkylation sites (N-methyl/N-ethyl adjacent to an activating group) is 1. The van der Waals surface area contributed by atoms with E-state index in [2.05, 4.69) is 10.2 Å². The predicted octanol–water partition coefficient (Wildman–Crippen LogP) is 1.92. The summed E-state index contributed by atoms with van der Waals surface area (Å²) < 4.78 is 0. The van der Waals surface area contributed by atoms with Crippen LogP contribution in [0.5, 0.6) is 0 Å². The summed E-state index contributed by atoms with van der Waals surface area (Å²) in [7, 11) is 3.99. The van der Waals surface area contributed by atoms with Crippen LogP contribution in [0.4, 0.5) is 0 Å². The summed E-state index contributed by atoms with van der Waals surface area (Å²) in [5.41, 5.74) is 6.39. The number of hydrogen-bond donors (Lipinski definition) is 2. The summed E-state index contributed by atoms with van der Waals surface area (Å²) in [6.45, 7) is 4.58. The van der Waals surface area contributed by atoms with Crippen LogP contribution in [0.15, 0.2) is 30.3 Å². The van der Waals surface area contributed by atoms with Crippen LogP contribution in [0.2, 0.25) is 0 Å². The Labute approximate surface area is 122 Å². The number of rotatable bonds is 7. The van der Waals surface area contributed by atoms with Crippen molar-refractivity contribution in [3.05, 3.63) is 35.9 Å². The third kappa shape index (κ3) is 4.94. The minimum absolute atomic E-state index is 0.0431.